The van der Waals surface area contributed by atoms with Crippen LogP contribution in [-0.4, -0.2) is 68.4 Å². The smallest absolute Gasteiger partial charge is 0.408 e. The van der Waals surface area contributed by atoms with Crippen LogP contribution in [0.15, 0.2) is 36.9 Å². The molecule has 4 heterocycles. The lowest BCUT2D eigenvalue weighted by molar-refractivity contribution is -0.0507. The van der Waals surface area contributed by atoms with Gasteiger partial charge in [-0.25, -0.2) is 13.2 Å². The Balaban J connectivity index is 0.968. The molecule has 8 aliphatic rings. The van der Waals surface area contributed by atoms with Crippen LogP contribution in [0.3, 0.4) is 0 Å². The third-order valence-electron chi connectivity index (χ3n) is 15.3. The number of anilines is 1. The van der Waals surface area contributed by atoms with Crippen molar-refractivity contribution in [3.63, 3.8) is 0 Å². The number of unbranched alkanes of at least 4 members (excludes halogenated alkanes) is 15. The highest BCUT2D eigenvalue weighted by atomic mass is 32.2. The molecule has 3 unspecified atom stereocenters. The van der Waals surface area contributed by atoms with E-state index in [1.54, 1.807) is 7.11 Å². The molecule has 8 nitrogen and oxygen atoms in total. The van der Waals surface area contributed by atoms with Crippen LogP contribution in [0, 0.1) is 29.6 Å². The number of hydrogen-bond donors (Lipinski definition) is 2. The molecule has 4 aliphatic heterocycles. The largest absolute Gasteiger partial charge is 0.497 e. The molecule has 9 heteroatoms. The topological polar surface area (TPSA) is 97.0 Å². The van der Waals surface area contributed by atoms with Gasteiger partial charge in [-0.1, -0.05) is 115 Å². The van der Waals surface area contributed by atoms with Crippen LogP contribution in [0.2, 0.25) is 0 Å². The van der Waals surface area contributed by atoms with Crippen LogP contribution in [-0.2, 0) is 14.6 Å². The Hall–Kier alpha value is -2.52. The molecule has 0 aromatic heterocycles. The SMILES string of the molecule is C=C[C@H]1CN2C(S(=O)(=O)CCCCCCCCCCCCCCCCCC)CC1C[C@H]2[C@H](OC(=O)NC12CC3CC(CC(C3)C1)C2)C1=CCNc2ccc(OC)cc21. The molecule has 3 saturated heterocycles. The maximum Gasteiger partial charge on any atom is 0.408 e. The van der Waals surface area contributed by atoms with Crippen LogP contribution in [0.1, 0.15) is 167 Å². The number of nitrogens with zero attached hydrogens (tertiary/aromatic N) is 1. The molecule has 0 radical (unpaired) electrons. The number of nitrogens with one attached hydrogen (secondary N) is 2. The maximum absolute atomic E-state index is 14.4. The van der Waals surface area contributed by atoms with Gasteiger partial charge in [0.1, 0.15) is 17.2 Å². The number of amides is 1. The van der Waals surface area contributed by atoms with Gasteiger partial charge in [-0.2, -0.15) is 0 Å². The molecule has 2 N–H and O–H groups in total. The Morgan fingerprint density at radius 3 is 2.02 bits per heavy atom. The molecular formula is C49H77N3O5S. The van der Waals surface area contributed by atoms with Gasteiger partial charge in [0.25, 0.3) is 0 Å². The Bertz CT molecular complexity index is 1620. The van der Waals surface area contributed by atoms with Crippen molar-refractivity contribution in [2.75, 3.05) is 31.3 Å². The van der Waals surface area contributed by atoms with Crippen LogP contribution in [0.25, 0.3) is 5.57 Å². The Labute approximate surface area is 352 Å². The number of fused-ring (bicyclic) bond motifs is 4. The van der Waals surface area contributed by atoms with E-state index >= 15 is 0 Å². The van der Waals surface area contributed by atoms with Crippen LogP contribution in [0.4, 0.5) is 10.5 Å². The zero-order valence-corrected chi connectivity index (χ0v) is 37.0. The highest BCUT2D eigenvalue weighted by Crippen LogP contribution is 2.56. The normalized spacial score (nSPS) is 31.2. The predicted molar refractivity (Wildman–Crippen MR) is 238 cm³/mol. The average molecular weight is 820 g/mol. The van der Waals surface area contributed by atoms with E-state index in [-0.39, 0.29) is 35.3 Å². The monoisotopic (exact) mass is 820 g/mol. The quantitative estimate of drug-likeness (QED) is 0.0792. The third-order valence-corrected chi connectivity index (χ3v) is 17.5. The highest BCUT2D eigenvalue weighted by molar-refractivity contribution is 7.91. The van der Waals surface area contributed by atoms with Gasteiger partial charge in [0.05, 0.1) is 18.9 Å². The summed E-state index contributed by atoms with van der Waals surface area (Å²) in [6.45, 7) is 7.68. The van der Waals surface area contributed by atoms with Gasteiger partial charge < -0.3 is 20.1 Å². The Kier molecular flexibility index (Phi) is 15.3. The molecule has 6 bridgehead atoms. The van der Waals surface area contributed by atoms with E-state index in [1.807, 2.05) is 24.3 Å². The number of rotatable bonds is 24. The zero-order chi connectivity index (χ0) is 40.5. The fourth-order valence-electron chi connectivity index (χ4n) is 12.7. The first-order chi connectivity index (χ1) is 28.2. The molecule has 7 fully saturated rings. The lowest BCUT2D eigenvalue weighted by Crippen LogP contribution is -2.65. The summed E-state index contributed by atoms with van der Waals surface area (Å²) < 4.78 is 41.1. The van der Waals surface area contributed by atoms with Gasteiger partial charge in [-0.15, -0.1) is 6.58 Å². The van der Waals surface area contributed by atoms with Gasteiger partial charge >= 0.3 is 6.09 Å². The molecule has 1 amide bonds. The van der Waals surface area contributed by atoms with Crippen molar-refractivity contribution in [1.82, 2.24) is 10.2 Å². The van der Waals surface area contributed by atoms with Crippen molar-refractivity contribution in [2.45, 2.75) is 184 Å². The lowest BCUT2D eigenvalue weighted by Gasteiger charge is -2.57. The number of benzene rings is 1. The van der Waals surface area contributed by atoms with Gasteiger partial charge in [0.2, 0.25) is 0 Å². The van der Waals surface area contributed by atoms with E-state index in [9.17, 15) is 13.2 Å². The van der Waals surface area contributed by atoms with E-state index in [0.717, 1.165) is 61.1 Å². The van der Waals surface area contributed by atoms with E-state index in [0.29, 0.717) is 43.7 Å². The van der Waals surface area contributed by atoms with Gasteiger partial charge in [0.15, 0.2) is 9.84 Å². The van der Waals surface area contributed by atoms with E-state index in [2.05, 4.69) is 35.1 Å². The summed E-state index contributed by atoms with van der Waals surface area (Å²) in [6, 6.07) is 5.74. The second-order valence-corrected chi connectivity index (χ2v) is 21.9. The minimum Gasteiger partial charge on any atom is -0.497 e. The molecule has 58 heavy (non-hydrogen) atoms. The number of carbonyl (C=O) groups excluding carboxylic acids is 1. The van der Waals surface area contributed by atoms with Gasteiger partial charge in [-0.3, -0.25) is 4.90 Å². The first-order valence-corrected chi connectivity index (χ1v) is 25.6. The maximum atomic E-state index is 14.4. The number of methoxy groups -OCH3 is 1. The highest BCUT2D eigenvalue weighted by Gasteiger charge is 2.54. The second-order valence-electron chi connectivity index (χ2n) is 19.6. The van der Waals surface area contributed by atoms with Crippen molar-refractivity contribution in [1.29, 1.82) is 0 Å². The number of alkyl carbamates (subject to hydrolysis) is 1. The molecule has 9 rings (SSSR count). The molecule has 324 valence electrons. The first-order valence-electron chi connectivity index (χ1n) is 23.9. The number of sulfone groups is 1. The summed E-state index contributed by atoms with van der Waals surface area (Å²) in [5.74, 6) is 3.44. The number of piperidine rings is 3. The van der Waals surface area contributed by atoms with Crippen LogP contribution >= 0.6 is 0 Å². The molecule has 1 aromatic rings. The molecule has 4 saturated carbocycles. The van der Waals surface area contributed by atoms with E-state index in [1.165, 1.54) is 103 Å². The fourth-order valence-corrected chi connectivity index (χ4v) is 14.8. The molecule has 0 spiro atoms. The standard InChI is InChI=1S/C49H77N3O5S/c1-4-6-7-8-9-10-11-12-13-14-15-16-17-18-19-20-25-58(54,55)46-30-40-29-45(52(46)35-39(40)5-2)47(42-23-24-50-44-22-21-41(56-3)31-43(42)44)57-48(53)51-49-32-36-26-37(33-49)28-38(27-36)34-49/h5,21-23,31,36-40,45-47,50H,2,4,6-20,24-30,32-35H2,1,3H3,(H,51,53)/t36?,37?,38?,39-,40?,45-,46?,47+,49?/m0/s1. The minimum atomic E-state index is -3.41. The minimum absolute atomic E-state index is 0.169. The van der Waals surface area contributed by atoms with Crippen molar-refractivity contribution < 1.29 is 22.7 Å². The summed E-state index contributed by atoms with van der Waals surface area (Å²) in [5, 5.41) is 6.39. The van der Waals surface area contributed by atoms with Crippen molar-refractivity contribution in [2.24, 2.45) is 29.6 Å². The molecular weight excluding hydrogens is 743 g/mol. The number of ether oxygens (including phenoxy) is 2. The average Bonchev–Trinajstić information content (AvgIpc) is 3.21. The summed E-state index contributed by atoms with van der Waals surface area (Å²) in [5.41, 5.74) is 2.68. The van der Waals surface area contributed by atoms with Crippen molar-refractivity contribution in [3.8, 4) is 5.75 Å². The van der Waals surface area contributed by atoms with Gasteiger partial charge in [0, 0.05) is 35.5 Å². The molecule has 4 aliphatic carbocycles. The number of hydrogen-bond acceptors (Lipinski definition) is 7. The zero-order valence-electron chi connectivity index (χ0n) is 36.2. The Morgan fingerprint density at radius 2 is 1.47 bits per heavy atom. The summed E-state index contributed by atoms with van der Waals surface area (Å²) >= 11 is 0. The van der Waals surface area contributed by atoms with Crippen molar-refractivity contribution >= 4 is 27.2 Å². The van der Waals surface area contributed by atoms with E-state index in [4.69, 9.17) is 9.47 Å². The van der Waals surface area contributed by atoms with Crippen molar-refractivity contribution in [3.05, 3.63) is 42.5 Å². The predicted octanol–water partition coefficient (Wildman–Crippen LogP) is 11.5. The number of carbonyl (C=O) groups is 1. The van der Waals surface area contributed by atoms with E-state index < -0.39 is 21.3 Å². The second kappa shape index (κ2) is 20.4. The van der Waals surface area contributed by atoms with Crippen LogP contribution < -0.4 is 15.4 Å². The third kappa shape index (κ3) is 10.7. The Morgan fingerprint density at radius 1 is 0.879 bits per heavy atom. The summed E-state index contributed by atoms with van der Waals surface area (Å²) in [7, 11) is -1.74. The summed E-state index contributed by atoms with van der Waals surface area (Å²) in [4.78, 5) is 16.5. The van der Waals surface area contributed by atoms with Crippen LogP contribution in [0.5, 0.6) is 5.75 Å². The molecule has 6 atom stereocenters. The lowest BCUT2D eigenvalue weighted by atomic mass is 9.53. The van der Waals surface area contributed by atoms with Gasteiger partial charge in [-0.05, 0) is 106 Å². The summed E-state index contributed by atoms with van der Waals surface area (Å²) in [6.07, 6.45) is 31.9. The fraction of sp³-hybridized carbons (Fsp3) is 0.776. The molecule has 1 aromatic carbocycles. The first kappa shape index (κ1) is 43.6.